The molecule has 0 heterocycles. The van der Waals surface area contributed by atoms with Crippen LogP contribution in [0.2, 0.25) is 0 Å². The van der Waals surface area contributed by atoms with Crippen molar-refractivity contribution in [3.05, 3.63) is 23.8 Å². The van der Waals surface area contributed by atoms with E-state index in [2.05, 4.69) is 50.3 Å². The van der Waals surface area contributed by atoms with Gasteiger partial charge >= 0.3 is 0 Å². The van der Waals surface area contributed by atoms with Crippen LogP contribution in [0.4, 0.5) is 0 Å². The van der Waals surface area contributed by atoms with Crippen molar-refractivity contribution in [3.8, 4) is 11.5 Å². The molecule has 0 aliphatic carbocycles. The zero-order chi connectivity index (χ0) is 15.1. The van der Waals surface area contributed by atoms with Crippen LogP contribution in [0.3, 0.4) is 0 Å². The van der Waals surface area contributed by atoms with Gasteiger partial charge in [0, 0.05) is 18.6 Å². The van der Waals surface area contributed by atoms with Crippen LogP contribution in [-0.4, -0.2) is 45.8 Å². The lowest BCUT2D eigenvalue weighted by Crippen LogP contribution is -2.37. The highest BCUT2D eigenvalue weighted by Gasteiger charge is 2.14. The van der Waals surface area contributed by atoms with Crippen molar-refractivity contribution in [3.63, 3.8) is 0 Å². The van der Waals surface area contributed by atoms with E-state index in [1.165, 1.54) is 5.56 Å². The summed E-state index contributed by atoms with van der Waals surface area (Å²) >= 11 is 0. The fraction of sp³-hybridized carbons (Fsp3) is 0.625. The summed E-state index contributed by atoms with van der Waals surface area (Å²) in [6.45, 7) is 5.36. The normalized spacial score (nSPS) is 14.2. The van der Waals surface area contributed by atoms with Crippen molar-refractivity contribution in [2.24, 2.45) is 0 Å². The first-order chi connectivity index (χ1) is 9.53. The third-order valence-corrected chi connectivity index (χ3v) is 3.76. The molecule has 0 aliphatic heterocycles. The first-order valence-electron chi connectivity index (χ1n) is 7.15. The molecule has 0 aromatic heterocycles. The number of nitrogens with one attached hydrogen (secondary N) is 1. The molecule has 0 aliphatic rings. The van der Waals surface area contributed by atoms with Crippen molar-refractivity contribution in [1.82, 2.24) is 10.2 Å². The maximum Gasteiger partial charge on any atom is 0.161 e. The molecular formula is C16H28N2O2. The Morgan fingerprint density at radius 3 is 2.30 bits per heavy atom. The first-order valence-corrected chi connectivity index (χ1v) is 7.15. The van der Waals surface area contributed by atoms with Crippen LogP contribution >= 0.6 is 0 Å². The Morgan fingerprint density at radius 1 is 1.15 bits per heavy atom. The Morgan fingerprint density at radius 2 is 1.80 bits per heavy atom. The van der Waals surface area contributed by atoms with Crippen LogP contribution in [0.5, 0.6) is 11.5 Å². The Kier molecular flexibility index (Phi) is 6.82. The number of rotatable bonds is 8. The lowest BCUT2D eigenvalue weighted by molar-refractivity contribution is 0.292. The Balaban J connectivity index is 2.79. The minimum atomic E-state index is 0.331. The lowest BCUT2D eigenvalue weighted by Gasteiger charge is -2.24. The van der Waals surface area contributed by atoms with E-state index >= 15 is 0 Å². The molecule has 1 aromatic carbocycles. The van der Waals surface area contributed by atoms with Gasteiger partial charge in [0.1, 0.15) is 0 Å². The van der Waals surface area contributed by atoms with Gasteiger partial charge in [-0.1, -0.05) is 13.0 Å². The van der Waals surface area contributed by atoms with Crippen molar-refractivity contribution in [2.45, 2.75) is 32.4 Å². The third kappa shape index (κ3) is 4.39. The van der Waals surface area contributed by atoms with Crippen molar-refractivity contribution in [2.75, 3.05) is 34.9 Å². The molecule has 2 atom stereocenters. The maximum atomic E-state index is 5.37. The van der Waals surface area contributed by atoms with Gasteiger partial charge in [-0.25, -0.2) is 0 Å². The van der Waals surface area contributed by atoms with Crippen LogP contribution in [-0.2, 0) is 0 Å². The number of methoxy groups -OCH3 is 2. The van der Waals surface area contributed by atoms with Gasteiger partial charge in [0.2, 0.25) is 0 Å². The summed E-state index contributed by atoms with van der Waals surface area (Å²) in [6.07, 6.45) is 1.04. The maximum absolute atomic E-state index is 5.37. The summed E-state index contributed by atoms with van der Waals surface area (Å²) in [6, 6.07) is 6.96. The van der Waals surface area contributed by atoms with E-state index in [0.29, 0.717) is 12.1 Å². The third-order valence-electron chi connectivity index (χ3n) is 3.76. The molecule has 114 valence electrons. The standard InChI is InChI=1S/C16H28N2O2/c1-7-14(17-11-12(2)18(3)4)13-8-9-15(19-5)16(10-13)20-6/h8-10,12,14,17H,7,11H2,1-6H3. The van der Waals surface area contributed by atoms with Gasteiger partial charge < -0.3 is 19.7 Å². The van der Waals surface area contributed by atoms with Gasteiger partial charge in [-0.3, -0.25) is 0 Å². The molecule has 4 heteroatoms. The van der Waals surface area contributed by atoms with Gasteiger partial charge in [0.15, 0.2) is 11.5 Å². The SMILES string of the molecule is CCC(NCC(C)N(C)C)c1ccc(OC)c(OC)c1. The molecular weight excluding hydrogens is 252 g/mol. The van der Waals surface area contributed by atoms with Crippen LogP contribution in [0.25, 0.3) is 0 Å². The van der Waals surface area contributed by atoms with Crippen LogP contribution < -0.4 is 14.8 Å². The summed E-state index contributed by atoms with van der Waals surface area (Å²) in [7, 11) is 7.53. The smallest absolute Gasteiger partial charge is 0.161 e. The van der Waals surface area contributed by atoms with Gasteiger partial charge in [-0.05, 0) is 45.1 Å². The largest absolute Gasteiger partial charge is 0.493 e. The fourth-order valence-electron chi connectivity index (χ4n) is 2.06. The Labute approximate surface area is 123 Å². The molecule has 0 bridgehead atoms. The van der Waals surface area contributed by atoms with E-state index in [-0.39, 0.29) is 0 Å². The fourth-order valence-corrected chi connectivity index (χ4v) is 2.06. The summed E-state index contributed by atoms with van der Waals surface area (Å²) in [4.78, 5) is 2.22. The second-order valence-corrected chi connectivity index (χ2v) is 5.30. The van der Waals surface area contributed by atoms with Crippen molar-refractivity contribution < 1.29 is 9.47 Å². The molecule has 2 unspecified atom stereocenters. The molecule has 0 saturated heterocycles. The number of likely N-dealkylation sites (N-methyl/N-ethyl adjacent to an activating group) is 1. The highest BCUT2D eigenvalue weighted by molar-refractivity contribution is 5.43. The zero-order valence-electron chi connectivity index (χ0n) is 13.6. The highest BCUT2D eigenvalue weighted by Crippen LogP contribution is 2.30. The summed E-state index contributed by atoms with van der Waals surface area (Å²) in [5.41, 5.74) is 1.23. The van der Waals surface area contributed by atoms with Crippen molar-refractivity contribution >= 4 is 0 Å². The second-order valence-electron chi connectivity index (χ2n) is 5.30. The highest BCUT2D eigenvalue weighted by atomic mass is 16.5. The molecule has 1 N–H and O–H groups in total. The van der Waals surface area contributed by atoms with E-state index in [1.807, 2.05) is 6.07 Å². The molecule has 1 aromatic rings. The summed E-state index contributed by atoms with van der Waals surface area (Å²) < 4.78 is 10.7. The van der Waals surface area contributed by atoms with E-state index < -0.39 is 0 Å². The molecule has 0 amide bonds. The lowest BCUT2D eigenvalue weighted by atomic mass is 10.0. The first kappa shape index (κ1) is 16.8. The van der Waals surface area contributed by atoms with E-state index in [4.69, 9.17) is 9.47 Å². The number of benzene rings is 1. The topological polar surface area (TPSA) is 33.7 Å². The predicted molar refractivity (Wildman–Crippen MR) is 83.7 cm³/mol. The zero-order valence-corrected chi connectivity index (χ0v) is 13.6. The average molecular weight is 280 g/mol. The molecule has 0 fully saturated rings. The van der Waals surface area contributed by atoms with Gasteiger partial charge in [-0.15, -0.1) is 0 Å². The molecule has 4 nitrogen and oxygen atoms in total. The Bertz CT molecular complexity index is 407. The van der Waals surface area contributed by atoms with Gasteiger partial charge in [0.05, 0.1) is 14.2 Å². The molecule has 0 spiro atoms. The molecule has 0 radical (unpaired) electrons. The predicted octanol–water partition coefficient (Wildman–Crippen LogP) is 2.69. The summed E-state index contributed by atoms with van der Waals surface area (Å²) in [5, 5.41) is 3.62. The number of nitrogens with zero attached hydrogens (tertiary/aromatic N) is 1. The average Bonchev–Trinajstić information content (AvgIpc) is 2.47. The number of hydrogen-bond acceptors (Lipinski definition) is 4. The minimum Gasteiger partial charge on any atom is -0.493 e. The summed E-state index contributed by atoms with van der Waals surface area (Å²) in [5.74, 6) is 1.55. The molecule has 20 heavy (non-hydrogen) atoms. The van der Waals surface area contributed by atoms with Crippen LogP contribution in [0, 0.1) is 0 Å². The molecule has 1 rings (SSSR count). The van der Waals surface area contributed by atoms with Gasteiger partial charge in [0.25, 0.3) is 0 Å². The monoisotopic (exact) mass is 280 g/mol. The van der Waals surface area contributed by atoms with Crippen molar-refractivity contribution in [1.29, 1.82) is 0 Å². The van der Waals surface area contributed by atoms with Crippen LogP contribution in [0.1, 0.15) is 31.9 Å². The van der Waals surface area contributed by atoms with E-state index in [1.54, 1.807) is 14.2 Å². The number of hydrogen-bond donors (Lipinski definition) is 1. The van der Waals surface area contributed by atoms with E-state index in [9.17, 15) is 0 Å². The van der Waals surface area contributed by atoms with Crippen LogP contribution in [0.15, 0.2) is 18.2 Å². The quantitative estimate of drug-likeness (QED) is 0.794. The Hall–Kier alpha value is -1.26. The minimum absolute atomic E-state index is 0.331. The molecule has 0 saturated carbocycles. The second kappa shape index (κ2) is 8.12. The number of ether oxygens (including phenoxy) is 2. The van der Waals surface area contributed by atoms with Gasteiger partial charge in [-0.2, -0.15) is 0 Å². The van der Waals surface area contributed by atoms with E-state index in [0.717, 1.165) is 24.5 Å².